The second-order valence-corrected chi connectivity index (χ2v) is 5.73. The first kappa shape index (κ1) is 22.4. The number of nitrogens with one attached hydrogen (secondary N) is 2. The molecule has 0 aliphatic heterocycles. The van der Waals surface area contributed by atoms with E-state index in [0.29, 0.717) is 42.6 Å². The molecule has 1 heterocycles. The third kappa shape index (κ3) is 8.54. The van der Waals surface area contributed by atoms with E-state index in [1.54, 1.807) is 25.3 Å². The lowest BCUT2D eigenvalue weighted by atomic mass is 10.2. The Morgan fingerprint density at radius 1 is 1.37 bits per heavy atom. The lowest BCUT2D eigenvalue weighted by molar-refractivity contribution is -0.134. The third-order valence-electron chi connectivity index (χ3n) is 2.98. The van der Waals surface area contributed by atoms with E-state index in [-0.39, 0.29) is 5.91 Å². The Morgan fingerprint density at radius 2 is 2.07 bits per heavy atom. The minimum Gasteiger partial charge on any atom is -0.491 e. The molecule has 0 atom stereocenters. The quantitative estimate of drug-likeness (QED) is 0.529. The molecule has 2 rings (SSSR count). The molecule has 1 aromatic heterocycles. The number of amides is 1. The molecule has 0 unspecified atom stereocenters. The van der Waals surface area contributed by atoms with Gasteiger partial charge in [0, 0.05) is 25.6 Å². The highest BCUT2D eigenvalue weighted by Gasteiger charge is 2.14. The van der Waals surface area contributed by atoms with Crippen LogP contribution in [0.25, 0.3) is 0 Å². The molecule has 1 amide bonds. The minimum atomic E-state index is -0.833. The maximum Gasteiger partial charge on any atom is 0.300 e. The zero-order valence-electron chi connectivity index (χ0n) is 15.1. The Kier molecular flexibility index (Phi) is 9.88. The molecular formula is C17H23ClN4O5. The first-order valence-corrected chi connectivity index (χ1v) is 8.37. The van der Waals surface area contributed by atoms with Gasteiger partial charge in [0.1, 0.15) is 12.4 Å². The van der Waals surface area contributed by atoms with E-state index in [0.717, 1.165) is 18.3 Å². The molecule has 1 aromatic carbocycles. The summed E-state index contributed by atoms with van der Waals surface area (Å²) in [6.45, 7) is 2.48. The number of nitrogens with two attached hydrogens (primary N) is 1. The predicted molar refractivity (Wildman–Crippen MR) is 99.8 cm³/mol. The van der Waals surface area contributed by atoms with Crippen LogP contribution in [0.4, 0.5) is 0 Å². The number of benzene rings is 1. The van der Waals surface area contributed by atoms with Gasteiger partial charge in [0.25, 0.3) is 11.9 Å². The van der Waals surface area contributed by atoms with E-state index in [4.69, 9.17) is 36.7 Å². The standard InChI is InChI=1S/C15H19ClN4O3.C2H4O2/c1-22-9-12-7-11(19-20-12)8-18-15(21)13-6-10(16)2-3-14(13)23-5-4-17;1-2(3)4/h2-3,6-7H,4-5,8-9,17H2,1H3,(H,18,21)(H,19,20);1H3,(H,3,4). The summed E-state index contributed by atoms with van der Waals surface area (Å²) in [6, 6.07) is 6.70. The first-order chi connectivity index (χ1) is 12.9. The fourth-order valence-corrected chi connectivity index (χ4v) is 2.14. The van der Waals surface area contributed by atoms with Gasteiger partial charge in [-0.15, -0.1) is 0 Å². The monoisotopic (exact) mass is 398 g/mol. The number of hydrogen-bond acceptors (Lipinski definition) is 6. The van der Waals surface area contributed by atoms with Gasteiger partial charge in [-0.3, -0.25) is 14.7 Å². The molecule has 0 radical (unpaired) electrons. The van der Waals surface area contributed by atoms with Gasteiger partial charge in [0.2, 0.25) is 0 Å². The van der Waals surface area contributed by atoms with Crippen molar-refractivity contribution in [3.8, 4) is 5.75 Å². The van der Waals surface area contributed by atoms with Crippen LogP contribution in [0.2, 0.25) is 5.02 Å². The van der Waals surface area contributed by atoms with Crippen LogP contribution in [0.15, 0.2) is 24.3 Å². The molecule has 27 heavy (non-hydrogen) atoms. The number of halogens is 1. The molecule has 0 aliphatic rings. The summed E-state index contributed by atoms with van der Waals surface area (Å²) in [5.41, 5.74) is 7.33. The summed E-state index contributed by atoms with van der Waals surface area (Å²) in [7, 11) is 1.60. The number of carbonyl (C=O) groups excluding carboxylic acids is 1. The van der Waals surface area contributed by atoms with Gasteiger partial charge >= 0.3 is 0 Å². The highest BCUT2D eigenvalue weighted by molar-refractivity contribution is 6.31. The molecular weight excluding hydrogens is 376 g/mol. The van der Waals surface area contributed by atoms with Crippen LogP contribution in [-0.4, -0.2) is 47.4 Å². The molecule has 10 heteroatoms. The van der Waals surface area contributed by atoms with E-state index in [1.807, 2.05) is 6.07 Å². The number of aromatic amines is 1. The topological polar surface area (TPSA) is 140 Å². The van der Waals surface area contributed by atoms with Crippen molar-refractivity contribution >= 4 is 23.5 Å². The van der Waals surface area contributed by atoms with Crippen molar-refractivity contribution in [3.63, 3.8) is 0 Å². The SMILES string of the molecule is CC(=O)O.COCc1cc(CNC(=O)c2cc(Cl)ccc2OCCN)[nH]n1. The van der Waals surface area contributed by atoms with Crippen LogP contribution in [0.5, 0.6) is 5.75 Å². The molecule has 9 nitrogen and oxygen atoms in total. The van der Waals surface area contributed by atoms with Gasteiger partial charge in [-0.25, -0.2) is 0 Å². The largest absolute Gasteiger partial charge is 0.491 e. The minimum absolute atomic E-state index is 0.289. The zero-order valence-corrected chi connectivity index (χ0v) is 15.9. The summed E-state index contributed by atoms with van der Waals surface area (Å²) < 4.78 is 10.5. The van der Waals surface area contributed by atoms with Crippen LogP contribution in [-0.2, 0) is 22.7 Å². The number of rotatable bonds is 8. The number of carboxylic acid groups (broad SMARTS) is 1. The lowest BCUT2D eigenvalue weighted by Crippen LogP contribution is -2.24. The van der Waals surface area contributed by atoms with Crippen molar-refractivity contribution in [2.45, 2.75) is 20.1 Å². The normalized spacial score (nSPS) is 9.93. The summed E-state index contributed by atoms with van der Waals surface area (Å²) in [5.74, 6) is -0.676. The second-order valence-electron chi connectivity index (χ2n) is 5.30. The third-order valence-corrected chi connectivity index (χ3v) is 3.21. The lowest BCUT2D eigenvalue weighted by Gasteiger charge is -2.11. The summed E-state index contributed by atoms with van der Waals surface area (Å²) in [6.07, 6.45) is 0. The van der Waals surface area contributed by atoms with Gasteiger partial charge in [0.15, 0.2) is 0 Å². The van der Waals surface area contributed by atoms with Crippen LogP contribution >= 0.6 is 11.6 Å². The Labute approximate surface area is 161 Å². The summed E-state index contributed by atoms with van der Waals surface area (Å²) in [4.78, 5) is 21.3. The van der Waals surface area contributed by atoms with Crippen molar-refractivity contribution < 1.29 is 24.2 Å². The first-order valence-electron chi connectivity index (χ1n) is 7.99. The number of hydrogen-bond donors (Lipinski definition) is 4. The number of methoxy groups -OCH3 is 1. The number of carboxylic acids is 1. The van der Waals surface area contributed by atoms with Crippen molar-refractivity contribution in [1.82, 2.24) is 15.5 Å². The second kappa shape index (κ2) is 11.9. The van der Waals surface area contributed by atoms with E-state index < -0.39 is 5.97 Å². The molecule has 0 saturated carbocycles. The van der Waals surface area contributed by atoms with Crippen LogP contribution < -0.4 is 15.8 Å². The number of aliphatic carboxylic acids is 1. The fraction of sp³-hybridized carbons (Fsp3) is 0.353. The molecule has 0 fully saturated rings. The van der Waals surface area contributed by atoms with Crippen molar-refractivity contribution in [1.29, 1.82) is 0 Å². The number of nitrogens with zero attached hydrogens (tertiary/aromatic N) is 1. The average Bonchev–Trinajstić information content (AvgIpc) is 3.06. The molecule has 0 aliphatic carbocycles. The Hall–Kier alpha value is -2.62. The molecule has 0 spiro atoms. The molecule has 0 saturated heterocycles. The highest BCUT2D eigenvalue weighted by atomic mass is 35.5. The van der Waals surface area contributed by atoms with E-state index in [1.165, 1.54) is 0 Å². The summed E-state index contributed by atoms with van der Waals surface area (Å²) >= 11 is 5.96. The van der Waals surface area contributed by atoms with Crippen LogP contribution in [0.3, 0.4) is 0 Å². The zero-order chi connectivity index (χ0) is 20.2. The van der Waals surface area contributed by atoms with Gasteiger partial charge in [-0.2, -0.15) is 5.10 Å². The van der Waals surface area contributed by atoms with E-state index in [9.17, 15) is 4.79 Å². The van der Waals surface area contributed by atoms with E-state index in [2.05, 4.69) is 15.5 Å². The smallest absolute Gasteiger partial charge is 0.300 e. The molecule has 148 valence electrons. The Morgan fingerprint density at radius 3 is 2.70 bits per heavy atom. The highest BCUT2D eigenvalue weighted by Crippen LogP contribution is 2.23. The Bertz CT molecular complexity index is 747. The van der Waals surface area contributed by atoms with Gasteiger partial charge in [0.05, 0.1) is 30.1 Å². The number of aromatic nitrogens is 2. The molecule has 0 bridgehead atoms. The number of H-pyrrole nitrogens is 1. The van der Waals surface area contributed by atoms with Gasteiger partial charge < -0.3 is 25.6 Å². The van der Waals surface area contributed by atoms with Crippen LogP contribution in [0, 0.1) is 0 Å². The molecule has 2 aromatic rings. The number of carbonyl (C=O) groups is 2. The van der Waals surface area contributed by atoms with Crippen molar-refractivity contribution in [2.75, 3.05) is 20.3 Å². The van der Waals surface area contributed by atoms with E-state index >= 15 is 0 Å². The van der Waals surface area contributed by atoms with Crippen molar-refractivity contribution in [2.24, 2.45) is 5.73 Å². The maximum atomic E-state index is 12.3. The van der Waals surface area contributed by atoms with Gasteiger partial charge in [-0.1, -0.05) is 11.6 Å². The molecule has 5 N–H and O–H groups in total. The predicted octanol–water partition coefficient (Wildman–Crippen LogP) is 1.57. The number of ether oxygens (including phenoxy) is 2. The fourth-order valence-electron chi connectivity index (χ4n) is 1.97. The Balaban J connectivity index is 0.000000828. The summed E-state index contributed by atoms with van der Waals surface area (Å²) in [5, 5.41) is 17.6. The van der Waals surface area contributed by atoms with Crippen LogP contribution in [0.1, 0.15) is 28.7 Å². The maximum absolute atomic E-state index is 12.3. The van der Waals surface area contributed by atoms with Crippen molar-refractivity contribution in [3.05, 3.63) is 46.2 Å². The van der Waals surface area contributed by atoms with Gasteiger partial charge in [-0.05, 0) is 24.3 Å². The average molecular weight is 399 g/mol.